The number of benzene rings is 2. The molecule has 126 valence electrons. The Bertz CT molecular complexity index is 750. The van der Waals surface area contributed by atoms with Crippen molar-refractivity contribution >= 4 is 17.5 Å². The summed E-state index contributed by atoms with van der Waals surface area (Å²) >= 11 is 6.04. The second kappa shape index (κ2) is 7.01. The number of hydrogen-bond donors (Lipinski definition) is 0. The van der Waals surface area contributed by atoms with Gasteiger partial charge in [-0.15, -0.1) is 0 Å². The van der Waals surface area contributed by atoms with Gasteiger partial charge in [0.1, 0.15) is 12.4 Å². The van der Waals surface area contributed by atoms with Gasteiger partial charge in [-0.25, -0.2) is 0 Å². The fraction of sp³-hybridized carbons (Fsp3) is 0.278. The lowest BCUT2D eigenvalue weighted by Gasteiger charge is -2.29. The predicted octanol–water partition coefficient (Wildman–Crippen LogP) is 3.15. The topological polar surface area (TPSA) is 48.0 Å². The summed E-state index contributed by atoms with van der Waals surface area (Å²) in [5.74, 6) is 1.76. The summed E-state index contributed by atoms with van der Waals surface area (Å²) < 4.78 is 16.7. The van der Waals surface area contributed by atoms with E-state index >= 15 is 0 Å². The van der Waals surface area contributed by atoms with Gasteiger partial charge < -0.3 is 19.1 Å². The van der Waals surface area contributed by atoms with E-state index in [0.29, 0.717) is 28.8 Å². The normalized spacial score (nSPS) is 15.7. The highest BCUT2D eigenvalue weighted by atomic mass is 35.5. The molecule has 2 aromatic rings. The minimum atomic E-state index is -0.671. The van der Waals surface area contributed by atoms with Crippen LogP contribution in [0.3, 0.4) is 0 Å². The molecule has 0 fully saturated rings. The second-order valence-electron chi connectivity index (χ2n) is 5.51. The third-order valence-electron chi connectivity index (χ3n) is 3.81. The summed E-state index contributed by atoms with van der Waals surface area (Å²) in [5.41, 5.74) is 0.831. The number of nitrogens with zero attached hydrogens (tertiary/aromatic N) is 1. The van der Waals surface area contributed by atoms with E-state index in [1.165, 1.54) is 0 Å². The summed E-state index contributed by atoms with van der Waals surface area (Å²) in [4.78, 5) is 14.2. The van der Waals surface area contributed by atoms with Gasteiger partial charge in [-0.3, -0.25) is 4.79 Å². The van der Waals surface area contributed by atoms with Crippen LogP contribution in [0.4, 0.5) is 0 Å². The molecule has 24 heavy (non-hydrogen) atoms. The zero-order chi connectivity index (χ0) is 17.1. The van der Waals surface area contributed by atoms with Crippen LogP contribution >= 0.6 is 11.6 Å². The molecule has 0 N–H and O–H groups in total. The van der Waals surface area contributed by atoms with Crippen molar-refractivity contribution in [1.29, 1.82) is 0 Å². The van der Waals surface area contributed by atoms with Crippen LogP contribution in [-0.2, 0) is 11.3 Å². The largest absolute Gasteiger partial charge is 0.496 e. The Hall–Kier alpha value is -2.40. The van der Waals surface area contributed by atoms with E-state index in [-0.39, 0.29) is 12.5 Å². The fourth-order valence-electron chi connectivity index (χ4n) is 2.59. The molecule has 1 aliphatic rings. The van der Waals surface area contributed by atoms with Gasteiger partial charge in [-0.05, 0) is 30.3 Å². The van der Waals surface area contributed by atoms with Gasteiger partial charge in [0.2, 0.25) is 6.10 Å². The summed E-state index contributed by atoms with van der Waals surface area (Å²) in [5, 5.41) is 0.595. The molecule has 0 bridgehead atoms. The van der Waals surface area contributed by atoms with E-state index in [9.17, 15) is 4.79 Å². The van der Waals surface area contributed by atoms with E-state index < -0.39 is 6.10 Å². The number of para-hydroxylation sites is 2. The minimum absolute atomic E-state index is 0.161. The Labute approximate surface area is 145 Å². The highest BCUT2D eigenvalue weighted by molar-refractivity contribution is 6.30. The van der Waals surface area contributed by atoms with Crippen molar-refractivity contribution in [2.45, 2.75) is 12.6 Å². The quantitative estimate of drug-likeness (QED) is 0.852. The van der Waals surface area contributed by atoms with Crippen molar-refractivity contribution in [3.05, 3.63) is 53.1 Å². The van der Waals surface area contributed by atoms with Gasteiger partial charge in [0, 0.05) is 24.2 Å². The molecule has 0 spiro atoms. The molecule has 0 saturated heterocycles. The van der Waals surface area contributed by atoms with E-state index in [1.807, 2.05) is 18.2 Å². The van der Waals surface area contributed by atoms with Crippen LogP contribution in [0.1, 0.15) is 5.56 Å². The Morgan fingerprint density at radius 1 is 1.29 bits per heavy atom. The SMILES string of the molecule is COc1ccc(Cl)cc1CN(C)C(=O)C1COc2ccccc2O1. The van der Waals surface area contributed by atoms with Crippen LogP contribution in [-0.4, -0.2) is 37.7 Å². The third-order valence-corrected chi connectivity index (χ3v) is 4.05. The standard InChI is InChI=1S/C18H18ClNO4/c1-20(10-12-9-13(19)7-8-14(12)22-2)18(21)17-11-23-15-5-3-4-6-16(15)24-17/h3-9,17H,10-11H2,1-2H3. The molecule has 1 amide bonds. The molecule has 0 aromatic heterocycles. The number of carbonyl (C=O) groups is 1. The maximum absolute atomic E-state index is 12.6. The Balaban J connectivity index is 1.71. The molecule has 6 heteroatoms. The zero-order valence-electron chi connectivity index (χ0n) is 13.5. The minimum Gasteiger partial charge on any atom is -0.496 e. The van der Waals surface area contributed by atoms with E-state index in [1.54, 1.807) is 43.3 Å². The van der Waals surface area contributed by atoms with Crippen LogP contribution in [0.2, 0.25) is 5.02 Å². The lowest BCUT2D eigenvalue weighted by atomic mass is 10.1. The van der Waals surface area contributed by atoms with Gasteiger partial charge in [-0.2, -0.15) is 0 Å². The fourth-order valence-corrected chi connectivity index (χ4v) is 2.79. The van der Waals surface area contributed by atoms with Crippen LogP contribution in [0, 0.1) is 0 Å². The molecule has 0 saturated carbocycles. The van der Waals surface area contributed by atoms with Crippen LogP contribution in [0.15, 0.2) is 42.5 Å². The Kier molecular flexibility index (Phi) is 4.81. The Morgan fingerprint density at radius 2 is 2.04 bits per heavy atom. The summed E-state index contributed by atoms with van der Waals surface area (Å²) in [7, 11) is 3.30. The number of fused-ring (bicyclic) bond motifs is 1. The molecule has 1 aliphatic heterocycles. The van der Waals surface area contributed by atoms with Gasteiger partial charge in [0.25, 0.3) is 5.91 Å². The lowest BCUT2D eigenvalue weighted by molar-refractivity contribution is -0.140. The summed E-state index contributed by atoms with van der Waals surface area (Å²) in [6, 6.07) is 12.6. The second-order valence-corrected chi connectivity index (χ2v) is 5.95. The first-order valence-corrected chi connectivity index (χ1v) is 7.92. The number of halogens is 1. The smallest absolute Gasteiger partial charge is 0.267 e. The molecule has 0 radical (unpaired) electrons. The van der Waals surface area contributed by atoms with E-state index in [4.69, 9.17) is 25.8 Å². The molecule has 1 heterocycles. The van der Waals surface area contributed by atoms with Gasteiger partial charge >= 0.3 is 0 Å². The average molecular weight is 348 g/mol. The lowest BCUT2D eigenvalue weighted by Crippen LogP contribution is -2.44. The van der Waals surface area contributed by atoms with Crippen LogP contribution < -0.4 is 14.2 Å². The molecular formula is C18H18ClNO4. The monoisotopic (exact) mass is 347 g/mol. The highest BCUT2D eigenvalue weighted by Gasteiger charge is 2.29. The van der Waals surface area contributed by atoms with E-state index in [2.05, 4.69) is 0 Å². The molecule has 3 rings (SSSR count). The average Bonchev–Trinajstić information content (AvgIpc) is 2.61. The van der Waals surface area contributed by atoms with Gasteiger partial charge in [0.15, 0.2) is 11.5 Å². The molecule has 2 aromatic carbocycles. The number of hydrogen-bond acceptors (Lipinski definition) is 4. The number of likely N-dealkylation sites (N-methyl/N-ethyl adjacent to an activating group) is 1. The molecule has 1 unspecified atom stereocenters. The zero-order valence-corrected chi connectivity index (χ0v) is 14.2. The predicted molar refractivity (Wildman–Crippen MR) is 90.8 cm³/mol. The maximum atomic E-state index is 12.6. The van der Waals surface area contributed by atoms with Gasteiger partial charge in [-0.1, -0.05) is 23.7 Å². The van der Waals surface area contributed by atoms with Crippen molar-refractivity contribution in [1.82, 2.24) is 4.90 Å². The molecule has 1 atom stereocenters. The van der Waals surface area contributed by atoms with E-state index in [0.717, 1.165) is 5.56 Å². The number of ether oxygens (including phenoxy) is 3. The third kappa shape index (κ3) is 3.41. The van der Waals surface area contributed by atoms with Gasteiger partial charge in [0.05, 0.1) is 7.11 Å². The maximum Gasteiger partial charge on any atom is 0.267 e. The van der Waals surface area contributed by atoms with Crippen molar-refractivity contribution in [2.75, 3.05) is 20.8 Å². The summed E-state index contributed by atoms with van der Waals surface area (Å²) in [6.07, 6.45) is -0.671. The number of carbonyl (C=O) groups excluding carboxylic acids is 1. The van der Waals surface area contributed by atoms with Crippen LogP contribution in [0.5, 0.6) is 17.2 Å². The Morgan fingerprint density at radius 3 is 2.79 bits per heavy atom. The molecular weight excluding hydrogens is 330 g/mol. The highest BCUT2D eigenvalue weighted by Crippen LogP contribution is 2.31. The first-order valence-electron chi connectivity index (χ1n) is 7.54. The van der Waals surface area contributed by atoms with Crippen molar-refractivity contribution < 1.29 is 19.0 Å². The molecule has 0 aliphatic carbocycles. The van der Waals surface area contributed by atoms with Crippen LogP contribution in [0.25, 0.3) is 0 Å². The van der Waals surface area contributed by atoms with Crippen molar-refractivity contribution in [3.63, 3.8) is 0 Å². The van der Waals surface area contributed by atoms with Crippen molar-refractivity contribution in [3.8, 4) is 17.2 Å². The van der Waals surface area contributed by atoms with Crippen molar-refractivity contribution in [2.24, 2.45) is 0 Å². The first kappa shape index (κ1) is 16.5. The first-order chi connectivity index (χ1) is 11.6. The number of rotatable bonds is 4. The number of amides is 1. The number of methoxy groups -OCH3 is 1. The summed E-state index contributed by atoms with van der Waals surface area (Å²) in [6.45, 7) is 0.553. The molecule has 5 nitrogen and oxygen atoms in total.